The smallest absolute Gasteiger partial charge is 0.410 e. The van der Waals surface area contributed by atoms with Crippen molar-refractivity contribution in [3.8, 4) is 0 Å². The van der Waals surface area contributed by atoms with E-state index in [1.807, 2.05) is 9.80 Å². The Bertz CT molecular complexity index is 620. The first kappa shape index (κ1) is 17.8. The minimum absolute atomic E-state index is 0.0452. The first-order valence-electron chi connectivity index (χ1n) is 9.30. The number of piperidine rings is 1. The molecular formula is C18H28N4O3. The minimum Gasteiger partial charge on any atom is -0.441 e. The fraction of sp³-hybridized carbons (Fsp3) is 0.722. The highest BCUT2D eigenvalue weighted by Gasteiger charge is 2.47. The Morgan fingerprint density at radius 2 is 2.04 bits per heavy atom. The Morgan fingerprint density at radius 3 is 2.68 bits per heavy atom. The average Bonchev–Trinajstić information content (AvgIpc) is 3.16. The van der Waals surface area contributed by atoms with Crippen molar-refractivity contribution < 1.29 is 14.3 Å². The fourth-order valence-corrected chi connectivity index (χ4v) is 3.66. The Kier molecular flexibility index (Phi) is 5.30. The van der Waals surface area contributed by atoms with Crippen LogP contribution in [0.2, 0.25) is 0 Å². The van der Waals surface area contributed by atoms with Gasteiger partial charge in [0, 0.05) is 45.7 Å². The molecule has 0 unspecified atom stereocenters. The second kappa shape index (κ2) is 7.45. The standard InChI is InChI=1S/C18H28N4O3/c1-3-4-5-6-10-22-14-18(25-17(22)24)8-12-21(13-9-18)16(23)15-7-11-20(2)19-15/h7,11H,3-6,8-10,12-14H2,1-2H3. The van der Waals surface area contributed by atoms with Gasteiger partial charge in [-0.15, -0.1) is 0 Å². The summed E-state index contributed by atoms with van der Waals surface area (Å²) in [4.78, 5) is 28.3. The van der Waals surface area contributed by atoms with Gasteiger partial charge < -0.3 is 14.5 Å². The molecular weight excluding hydrogens is 320 g/mol. The number of aromatic nitrogens is 2. The van der Waals surface area contributed by atoms with Crippen molar-refractivity contribution in [1.82, 2.24) is 19.6 Å². The molecule has 0 bridgehead atoms. The number of carbonyl (C=O) groups is 2. The Balaban J connectivity index is 1.51. The molecule has 0 radical (unpaired) electrons. The normalized spacial score (nSPS) is 19.5. The molecule has 7 nitrogen and oxygen atoms in total. The second-order valence-electron chi connectivity index (χ2n) is 7.20. The average molecular weight is 348 g/mol. The van der Waals surface area contributed by atoms with E-state index in [1.165, 1.54) is 12.8 Å². The van der Waals surface area contributed by atoms with Crippen LogP contribution in [0, 0.1) is 0 Å². The summed E-state index contributed by atoms with van der Waals surface area (Å²) in [6, 6.07) is 1.74. The van der Waals surface area contributed by atoms with Gasteiger partial charge >= 0.3 is 6.09 Å². The number of nitrogens with zero attached hydrogens (tertiary/aromatic N) is 4. The van der Waals surface area contributed by atoms with E-state index in [0.29, 0.717) is 38.2 Å². The predicted octanol–water partition coefficient (Wildman–Crippen LogP) is 2.43. The van der Waals surface area contributed by atoms with Crippen molar-refractivity contribution in [3.63, 3.8) is 0 Å². The van der Waals surface area contributed by atoms with Crippen LogP contribution in [0.25, 0.3) is 0 Å². The number of hydrogen-bond donors (Lipinski definition) is 0. The maximum absolute atomic E-state index is 12.5. The van der Waals surface area contributed by atoms with Gasteiger partial charge in [0.2, 0.25) is 0 Å². The molecule has 2 aliphatic rings. The molecule has 1 spiro atoms. The molecule has 3 rings (SSSR count). The summed E-state index contributed by atoms with van der Waals surface area (Å²) in [6.07, 6.45) is 7.55. The molecule has 3 heterocycles. The number of likely N-dealkylation sites (tertiary alicyclic amines) is 1. The van der Waals surface area contributed by atoms with Crippen LogP contribution < -0.4 is 0 Å². The number of unbranched alkanes of at least 4 members (excludes halogenated alkanes) is 3. The highest BCUT2D eigenvalue weighted by atomic mass is 16.6. The second-order valence-corrected chi connectivity index (χ2v) is 7.20. The lowest BCUT2D eigenvalue weighted by Crippen LogP contribution is -2.48. The third-order valence-corrected chi connectivity index (χ3v) is 5.22. The van der Waals surface area contributed by atoms with Gasteiger partial charge in [-0.25, -0.2) is 4.79 Å². The van der Waals surface area contributed by atoms with Gasteiger partial charge in [0.15, 0.2) is 0 Å². The van der Waals surface area contributed by atoms with E-state index in [4.69, 9.17) is 4.74 Å². The fourth-order valence-electron chi connectivity index (χ4n) is 3.66. The lowest BCUT2D eigenvalue weighted by atomic mass is 9.91. The molecule has 0 aliphatic carbocycles. The number of aryl methyl sites for hydroxylation is 1. The van der Waals surface area contributed by atoms with Crippen molar-refractivity contribution in [2.24, 2.45) is 7.05 Å². The molecule has 1 aromatic heterocycles. The molecule has 2 fully saturated rings. The van der Waals surface area contributed by atoms with Crippen molar-refractivity contribution in [2.45, 2.75) is 51.0 Å². The van der Waals surface area contributed by atoms with E-state index < -0.39 is 5.60 Å². The summed E-state index contributed by atoms with van der Waals surface area (Å²) < 4.78 is 7.36. The Labute approximate surface area is 148 Å². The first-order chi connectivity index (χ1) is 12.0. The third-order valence-electron chi connectivity index (χ3n) is 5.22. The van der Waals surface area contributed by atoms with Crippen LogP contribution in [0.1, 0.15) is 55.9 Å². The molecule has 2 amide bonds. The van der Waals surface area contributed by atoms with Crippen LogP contribution in [0.5, 0.6) is 0 Å². The molecule has 138 valence electrons. The van der Waals surface area contributed by atoms with E-state index in [-0.39, 0.29) is 12.0 Å². The van der Waals surface area contributed by atoms with Crippen molar-refractivity contribution in [1.29, 1.82) is 0 Å². The number of ether oxygens (including phenoxy) is 1. The van der Waals surface area contributed by atoms with Crippen LogP contribution in [0.15, 0.2) is 12.3 Å². The molecule has 2 aliphatic heterocycles. The summed E-state index contributed by atoms with van der Waals surface area (Å²) in [5.41, 5.74) is 0.0577. The Hall–Kier alpha value is -2.05. The van der Waals surface area contributed by atoms with E-state index in [2.05, 4.69) is 12.0 Å². The van der Waals surface area contributed by atoms with Crippen molar-refractivity contribution in [3.05, 3.63) is 18.0 Å². The van der Waals surface area contributed by atoms with Gasteiger partial charge in [0.05, 0.1) is 6.54 Å². The number of amides is 2. The van der Waals surface area contributed by atoms with Crippen molar-refractivity contribution in [2.75, 3.05) is 26.2 Å². The lowest BCUT2D eigenvalue weighted by Gasteiger charge is -2.37. The van der Waals surface area contributed by atoms with Gasteiger partial charge in [-0.3, -0.25) is 9.48 Å². The quantitative estimate of drug-likeness (QED) is 0.741. The highest BCUT2D eigenvalue weighted by molar-refractivity contribution is 5.92. The summed E-state index contributed by atoms with van der Waals surface area (Å²) in [5.74, 6) is -0.0452. The molecule has 2 saturated heterocycles. The number of carbonyl (C=O) groups excluding carboxylic acids is 2. The van der Waals surface area contributed by atoms with Crippen LogP contribution in [-0.4, -0.2) is 63.4 Å². The highest BCUT2D eigenvalue weighted by Crippen LogP contribution is 2.33. The first-order valence-corrected chi connectivity index (χ1v) is 9.30. The summed E-state index contributed by atoms with van der Waals surface area (Å²) >= 11 is 0. The lowest BCUT2D eigenvalue weighted by molar-refractivity contribution is 0.00294. The molecule has 0 N–H and O–H groups in total. The van der Waals surface area contributed by atoms with Gasteiger partial charge in [-0.05, 0) is 12.5 Å². The Morgan fingerprint density at radius 1 is 1.28 bits per heavy atom. The zero-order chi connectivity index (χ0) is 17.9. The molecule has 1 aromatic rings. The maximum Gasteiger partial charge on any atom is 0.410 e. The van der Waals surface area contributed by atoms with Crippen LogP contribution >= 0.6 is 0 Å². The molecule has 25 heavy (non-hydrogen) atoms. The van der Waals surface area contributed by atoms with E-state index in [9.17, 15) is 9.59 Å². The van der Waals surface area contributed by atoms with E-state index in [0.717, 1.165) is 19.4 Å². The summed E-state index contributed by atoms with van der Waals surface area (Å²) in [6.45, 7) is 4.82. The predicted molar refractivity (Wildman–Crippen MR) is 93.3 cm³/mol. The molecule has 7 heteroatoms. The monoisotopic (exact) mass is 348 g/mol. The van der Waals surface area contributed by atoms with Crippen molar-refractivity contribution >= 4 is 12.0 Å². The minimum atomic E-state index is -0.414. The molecule has 0 atom stereocenters. The topological polar surface area (TPSA) is 67.7 Å². The van der Waals surface area contributed by atoms with Crippen LogP contribution in [0.4, 0.5) is 4.79 Å². The third kappa shape index (κ3) is 3.96. The largest absolute Gasteiger partial charge is 0.441 e. The number of rotatable bonds is 6. The van der Waals surface area contributed by atoms with Crippen LogP contribution in [-0.2, 0) is 11.8 Å². The zero-order valence-electron chi connectivity index (χ0n) is 15.2. The van der Waals surface area contributed by atoms with E-state index in [1.54, 1.807) is 24.0 Å². The summed E-state index contributed by atoms with van der Waals surface area (Å²) in [7, 11) is 1.80. The maximum atomic E-state index is 12.5. The summed E-state index contributed by atoms with van der Waals surface area (Å²) in [5, 5.41) is 4.18. The SMILES string of the molecule is CCCCCCN1CC2(CCN(C(=O)c3ccn(C)n3)CC2)OC1=O. The van der Waals surface area contributed by atoms with Crippen LogP contribution in [0.3, 0.4) is 0 Å². The van der Waals surface area contributed by atoms with Gasteiger partial charge in [-0.1, -0.05) is 26.2 Å². The number of hydrogen-bond acceptors (Lipinski definition) is 4. The van der Waals surface area contributed by atoms with Gasteiger partial charge in [0.1, 0.15) is 11.3 Å². The van der Waals surface area contributed by atoms with Gasteiger partial charge in [0.25, 0.3) is 5.91 Å². The molecule has 0 saturated carbocycles. The van der Waals surface area contributed by atoms with Gasteiger partial charge in [-0.2, -0.15) is 5.10 Å². The zero-order valence-corrected chi connectivity index (χ0v) is 15.2. The molecule has 0 aromatic carbocycles. The van der Waals surface area contributed by atoms with E-state index >= 15 is 0 Å².